The molecule has 1 aliphatic rings. The Morgan fingerprint density at radius 2 is 2.62 bits per heavy atom. The first kappa shape index (κ1) is 6.09. The fourth-order valence-corrected chi connectivity index (χ4v) is 1.33. The van der Waals surface area contributed by atoms with Gasteiger partial charge in [0.05, 0.1) is 0 Å². The zero-order valence-corrected chi connectivity index (χ0v) is 5.55. The van der Waals surface area contributed by atoms with Crippen molar-refractivity contribution in [1.29, 1.82) is 0 Å². The van der Waals surface area contributed by atoms with Crippen LogP contribution in [0.15, 0.2) is 22.7 Å². The zero-order chi connectivity index (χ0) is 5.82. The molecule has 0 aromatic carbocycles. The van der Waals surface area contributed by atoms with Crippen LogP contribution in [0, 0.1) is 0 Å². The summed E-state index contributed by atoms with van der Waals surface area (Å²) in [5.41, 5.74) is 0.285. The van der Waals surface area contributed by atoms with Gasteiger partial charge in [0.25, 0.3) is 0 Å². The maximum atomic E-state index is 8.46. The number of hydrogen-bond acceptors (Lipinski definition) is 1. The molecule has 0 spiro atoms. The minimum atomic E-state index is 0.285. The van der Waals surface area contributed by atoms with Gasteiger partial charge in [0.2, 0.25) is 0 Å². The summed E-state index contributed by atoms with van der Waals surface area (Å²) in [6, 6.07) is 0. The van der Waals surface area contributed by atoms with Crippen molar-refractivity contribution in [3.8, 4) is 0 Å². The molecule has 1 rings (SSSR count). The van der Waals surface area contributed by atoms with E-state index in [0.29, 0.717) is 0 Å². The molecule has 1 aliphatic carbocycles. The molecule has 1 nitrogen and oxygen atoms in total. The van der Waals surface area contributed by atoms with Gasteiger partial charge >= 0.3 is 54.7 Å². The van der Waals surface area contributed by atoms with Gasteiger partial charge in [0, 0.05) is 0 Å². The molecule has 2 heteroatoms. The average Bonchev–Trinajstić information content (AvgIpc) is 2.19. The van der Waals surface area contributed by atoms with Crippen molar-refractivity contribution in [3.63, 3.8) is 0 Å². The Kier molecular flexibility index (Phi) is 2.34. The van der Waals surface area contributed by atoms with E-state index in [0.717, 1.165) is 21.4 Å². The molecular weight excluding hydrogens is 144 g/mol. The Morgan fingerprint density at radius 1 is 1.75 bits per heavy atom. The van der Waals surface area contributed by atoms with E-state index in [1.165, 1.54) is 4.47 Å². The van der Waals surface area contributed by atoms with Crippen LogP contribution >= 0.6 is 0 Å². The van der Waals surface area contributed by atoms with E-state index in [1.54, 1.807) is 0 Å². The molecule has 0 saturated carbocycles. The summed E-state index contributed by atoms with van der Waals surface area (Å²) < 4.78 is 1.34. The first-order valence-corrected chi connectivity index (χ1v) is 3.79. The van der Waals surface area contributed by atoms with E-state index in [-0.39, 0.29) is 5.51 Å². The molecule has 0 radical (unpaired) electrons. The molecule has 0 amide bonds. The topological polar surface area (TPSA) is 20.2 Å². The minimum absolute atomic E-state index is 0.285. The van der Waals surface area contributed by atoms with Crippen molar-refractivity contribution >= 4 is 0 Å². The molecule has 0 bridgehead atoms. The van der Waals surface area contributed by atoms with Gasteiger partial charge in [0.1, 0.15) is 0 Å². The summed E-state index contributed by atoms with van der Waals surface area (Å²) in [6.45, 7) is 0. The molecule has 1 N–H and O–H groups in total. The third-order valence-corrected chi connectivity index (χ3v) is 2.02. The van der Waals surface area contributed by atoms with Crippen molar-refractivity contribution in [2.75, 3.05) is 5.51 Å². The van der Waals surface area contributed by atoms with Gasteiger partial charge in [-0.25, -0.2) is 0 Å². The van der Waals surface area contributed by atoms with Crippen molar-refractivity contribution in [1.82, 2.24) is 0 Å². The fraction of sp³-hybridized carbons (Fsp3) is 0.333. The van der Waals surface area contributed by atoms with E-state index in [9.17, 15) is 0 Å². The Labute approximate surface area is 55.3 Å². The van der Waals surface area contributed by atoms with Crippen molar-refractivity contribution in [2.24, 2.45) is 0 Å². The molecular formula is C6H8FeO. The first-order chi connectivity index (χ1) is 3.93. The molecule has 0 atom stereocenters. The number of aliphatic hydroxyl groups excluding tert-OH is 1. The Balaban J connectivity index is 2.28. The molecule has 0 fully saturated rings. The summed E-state index contributed by atoms with van der Waals surface area (Å²) in [4.78, 5) is 0. The van der Waals surface area contributed by atoms with Crippen LogP contribution in [0.3, 0.4) is 0 Å². The quantitative estimate of drug-likeness (QED) is 0.581. The van der Waals surface area contributed by atoms with E-state index in [2.05, 4.69) is 12.2 Å². The SMILES string of the molecule is O[CH2][Fe][C]1=CC=CC1. The predicted octanol–water partition coefficient (Wildman–Crippen LogP) is 0.862. The van der Waals surface area contributed by atoms with E-state index >= 15 is 0 Å². The molecule has 0 aliphatic heterocycles. The monoisotopic (exact) mass is 152 g/mol. The molecule has 46 valence electrons. The van der Waals surface area contributed by atoms with Crippen LogP contribution in [-0.4, -0.2) is 10.6 Å². The molecule has 0 heterocycles. The van der Waals surface area contributed by atoms with Crippen molar-refractivity contribution in [2.45, 2.75) is 6.42 Å². The summed E-state index contributed by atoms with van der Waals surface area (Å²) >= 11 is 0.840. The Hall–Kier alpha value is -0.0405. The molecule has 0 saturated heterocycles. The normalized spacial score (nSPS) is 17.4. The van der Waals surface area contributed by atoms with Gasteiger partial charge in [-0.3, -0.25) is 0 Å². The third kappa shape index (κ3) is 1.48. The second-order valence-corrected chi connectivity index (χ2v) is 2.92. The first-order valence-electron chi connectivity index (χ1n) is 2.46. The Bertz CT molecular complexity index is 126. The number of aliphatic hydroxyl groups is 1. The number of hydrogen-bond donors (Lipinski definition) is 1. The van der Waals surface area contributed by atoms with Crippen LogP contribution < -0.4 is 0 Å². The van der Waals surface area contributed by atoms with E-state index in [4.69, 9.17) is 5.11 Å². The van der Waals surface area contributed by atoms with Crippen molar-refractivity contribution < 1.29 is 20.1 Å². The number of allylic oxidation sites excluding steroid dienone is 4. The third-order valence-electron chi connectivity index (χ3n) is 0.933. The van der Waals surface area contributed by atoms with Gasteiger partial charge in [0.15, 0.2) is 0 Å². The molecule has 8 heavy (non-hydrogen) atoms. The Morgan fingerprint density at radius 3 is 3.12 bits per heavy atom. The van der Waals surface area contributed by atoms with Gasteiger partial charge < -0.3 is 0 Å². The van der Waals surface area contributed by atoms with Crippen LogP contribution in [0.5, 0.6) is 0 Å². The molecule has 0 unspecified atom stereocenters. The van der Waals surface area contributed by atoms with Crippen LogP contribution in [-0.2, 0) is 15.0 Å². The van der Waals surface area contributed by atoms with Gasteiger partial charge in [-0.05, 0) is 0 Å². The van der Waals surface area contributed by atoms with E-state index in [1.807, 2.05) is 6.08 Å². The summed E-state index contributed by atoms with van der Waals surface area (Å²) in [6.07, 6.45) is 7.24. The average molecular weight is 152 g/mol. The zero-order valence-electron chi connectivity index (χ0n) is 4.45. The van der Waals surface area contributed by atoms with Crippen LogP contribution in [0.25, 0.3) is 0 Å². The van der Waals surface area contributed by atoms with Crippen LogP contribution in [0.4, 0.5) is 0 Å². The maximum absolute atomic E-state index is 8.46. The molecule has 0 aromatic heterocycles. The van der Waals surface area contributed by atoms with Crippen LogP contribution in [0.1, 0.15) is 6.42 Å². The van der Waals surface area contributed by atoms with Gasteiger partial charge in [-0.1, -0.05) is 0 Å². The molecule has 0 aromatic rings. The number of rotatable bonds is 2. The summed E-state index contributed by atoms with van der Waals surface area (Å²) in [7, 11) is 0. The predicted molar refractivity (Wildman–Crippen MR) is 28.9 cm³/mol. The van der Waals surface area contributed by atoms with Gasteiger partial charge in [-0.15, -0.1) is 0 Å². The second-order valence-electron chi connectivity index (χ2n) is 1.47. The standard InChI is InChI=1S/C5H5.CH3O.Fe/c1-2-4-5-3-1;1-2;/h1-3H,4H2;2H,1H2;. The van der Waals surface area contributed by atoms with E-state index < -0.39 is 0 Å². The van der Waals surface area contributed by atoms with Gasteiger partial charge in [-0.2, -0.15) is 0 Å². The fourth-order valence-electron chi connectivity index (χ4n) is 0.580. The van der Waals surface area contributed by atoms with Crippen molar-refractivity contribution in [3.05, 3.63) is 22.7 Å². The van der Waals surface area contributed by atoms with Crippen LogP contribution in [0.2, 0.25) is 0 Å². The summed E-state index contributed by atoms with van der Waals surface area (Å²) in [5, 5.41) is 8.46. The summed E-state index contributed by atoms with van der Waals surface area (Å²) in [5.74, 6) is 0. The second kappa shape index (κ2) is 3.08.